The molecular weight excluding hydrogens is 637 g/mol. The van der Waals surface area contributed by atoms with Crippen molar-refractivity contribution in [3.63, 3.8) is 0 Å². The van der Waals surface area contributed by atoms with Gasteiger partial charge in [-0.15, -0.1) is 11.8 Å². The highest BCUT2D eigenvalue weighted by Crippen LogP contribution is 2.30. The van der Waals surface area contributed by atoms with Gasteiger partial charge >= 0.3 is 0 Å². The average Bonchev–Trinajstić information content (AvgIpc) is 3.81. The molecule has 2 aromatic rings. The molecule has 1 fully saturated rings. The van der Waals surface area contributed by atoms with Crippen LogP contribution in [0.5, 0.6) is 0 Å². The van der Waals surface area contributed by atoms with Crippen molar-refractivity contribution in [1.82, 2.24) is 20.9 Å². The Balaban J connectivity index is 1.79. The fourth-order valence-corrected chi connectivity index (χ4v) is 6.82. The Kier molecular flexibility index (Phi) is 16.3. The van der Waals surface area contributed by atoms with Crippen LogP contribution in [0.2, 0.25) is 0 Å². The minimum Gasteiger partial charge on any atom is -0.361 e. The zero-order valence-corrected chi connectivity index (χ0v) is 31.3. The number of thioether (sulfide) groups is 1. The molecule has 9 nitrogen and oxygen atoms in total. The number of nitrogens with zero attached hydrogens (tertiary/aromatic N) is 1. The molecule has 1 aliphatic rings. The van der Waals surface area contributed by atoms with Gasteiger partial charge in [0.2, 0.25) is 17.7 Å². The Bertz CT molecular complexity index is 1330. The number of rotatable bonds is 22. The third-order valence-corrected chi connectivity index (χ3v) is 9.97. The topological polar surface area (TPSA) is 120 Å². The zero-order chi connectivity index (χ0) is 36.0. The summed E-state index contributed by atoms with van der Waals surface area (Å²) in [5.74, 6) is -0.0923. The molecule has 10 heteroatoms. The number of hydrogen-bond donors (Lipinski definition) is 3. The molecule has 49 heavy (non-hydrogen) atoms. The van der Waals surface area contributed by atoms with Crippen LogP contribution < -0.4 is 16.0 Å². The SMILES string of the molecule is CC(C)CC(NC(=O)[C@H](CCc1ccccc1)SCCCN(C)C)C(=O)N[C@@H](Cc1ccccc1)C(=O)NC(CC(C)C)C(=O)[C@@]1(C)CO1. The second kappa shape index (κ2) is 19.8. The fraction of sp³-hybridized carbons (Fsp3) is 0.590. The van der Waals surface area contributed by atoms with Crippen molar-refractivity contribution in [3.8, 4) is 0 Å². The van der Waals surface area contributed by atoms with Crippen molar-refractivity contribution >= 4 is 35.3 Å². The number of ketones is 1. The number of carbonyl (C=O) groups is 4. The standard InChI is InChI=1S/C39H58N4O5S/c1-27(2)23-31(35(44)39(5)26-48-39)40-37(46)33(25-30-17-12-9-13-18-30)41-36(45)32(24-28(3)4)42-38(47)34(49-22-14-21-43(6)7)20-19-29-15-10-8-11-16-29/h8-13,15-18,27-28,31-34H,14,19-26H2,1-7H3,(H,40,46)(H,41,45)(H,42,47)/t31?,32?,33-,34-,39+/m0/s1. The van der Waals surface area contributed by atoms with Crippen LogP contribution in [0.3, 0.4) is 0 Å². The van der Waals surface area contributed by atoms with E-state index < -0.39 is 35.5 Å². The van der Waals surface area contributed by atoms with Gasteiger partial charge in [-0.3, -0.25) is 19.2 Å². The molecule has 3 N–H and O–H groups in total. The Morgan fingerprint density at radius 2 is 1.29 bits per heavy atom. The summed E-state index contributed by atoms with van der Waals surface area (Å²) in [5.41, 5.74) is 1.14. The largest absolute Gasteiger partial charge is 0.361 e. The average molecular weight is 695 g/mol. The van der Waals surface area contributed by atoms with Gasteiger partial charge in [0.05, 0.1) is 17.9 Å². The normalized spacial score (nSPS) is 18.1. The lowest BCUT2D eigenvalue weighted by Crippen LogP contribution is -2.58. The molecule has 0 aromatic heterocycles. The van der Waals surface area contributed by atoms with E-state index in [0.29, 0.717) is 25.9 Å². The summed E-state index contributed by atoms with van der Waals surface area (Å²) in [6.07, 6.45) is 3.45. The maximum atomic E-state index is 14.0. The summed E-state index contributed by atoms with van der Waals surface area (Å²) < 4.78 is 5.42. The lowest BCUT2D eigenvalue weighted by atomic mass is 9.93. The van der Waals surface area contributed by atoms with Gasteiger partial charge in [-0.1, -0.05) is 88.4 Å². The first-order valence-electron chi connectivity index (χ1n) is 17.7. The van der Waals surface area contributed by atoms with Crippen molar-refractivity contribution < 1.29 is 23.9 Å². The summed E-state index contributed by atoms with van der Waals surface area (Å²) in [6.45, 7) is 11.0. The van der Waals surface area contributed by atoms with E-state index >= 15 is 0 Å². The summed E-state index contributed by atoms with van der Waals surface area (Å²) in [7, 11) is 4.07. The summed E-state index contributed by atoms with van der Waals surface area (Å²) in [4.78, 5) is 57.2. The first-order valence-corrected chi connectivity index (χ1v) is 18.8. The van der Waals surface area contributed by atoms with E-state index in [1.807, 2.05) is 90.3 Å². The molecule has 270 valence electrons. The molecule has 1 saturated heterocycles. The minimum absolute atomic E-state index is 0.111. The number of nitrogens with one attached hydrogen (secondary N) is 3. The molecule has 3 amide bonds. The van der Waals surface area contributed by atoms with Crippen LogP contribution in [0, 0.1) is 11.8 Å². The van der Waals surface area contributed by atoms with Gasteiger partial charge in [0, 0.05) is 6.42 Å². The number of ether oxygens (including phenoxy) is 1. The second-order valence-electron chi connectivity index (χ2n) is 14.6. The van der Waals surface area contributed by atoms with Crippen LogP contribution in [0.25, 0.3) is 0 Å². The predicted octanol–water partition coefficient (Wildman–Crippen LogP) is 4.82. The van der Waals surface area contributed by atoms with Crippen LogP contribution in [0.15, 0.2) is 60.7 Å². The number of benzene rings is 2. The quantitative estimate of drug-likeness (QED) is 0.120. The summed E-state index contributed by atoms with van der Waals surface area (Å²) in [5, 5.41) is 8.66. The number of amides is 3. The molecule has 0 radical (unpaired) electrons. The second-order valence-corrected chi connectivity index (χ2v) is 15.9. The highest BCUT2D eigenvalue weighted by atomic mass is 32.2. The smallest absolute Gasteiger partial charge is 0.243 e. The molecule has 2 unspecified atom stereocenters. The number of Topliss-reactive ketones (excluding diaryl/α,β-unsaturated/α-hetero) is 1. The molecule has 2 aromatic carbocycles. The first-order chi connectivity index (χ1) is 23.3. The van der Waals surface area contributed by atoms with Crippen LogP contribution in [0.1, 0.15) is 71.4 Å². The summed E-state index contributed by atoms with van der Waals surface area (Å²) in [6, 6.07) is 17.1. The number of hydrogen-bond acceptors (Lipinski definition) is 7. The van der Waals surface area contributed by atoms with Crippen LogP contribution >= 0.6 is 11.8 Å². The molecule has 3 rings (SSSR count). The predicted molar refractivity (Wildman–Crippen MR) is 198 cm³/mol. The maximum Gasteiger partial charge on any atom is 0.243 e. The van der Waals surface area contributed by atoms with Crippen LogP contribution in [0.4, 0.5) is 0 Å². The highest BCUT2D eigenvalue weighted by Gasteiger charge is 2.50. The van der Waals surface area contributed by atoms with E-state index in [1.54, 1.807) is 18.7 Å². The summed E-state index contributed by atoms with van der Waals surface area (Å²) >= 11 is 1.63. The van der Waals surface area contributed by atoms with Crippen LogP contribution in [-0.4, -0.2) is 90.4 Å². The van der Waals surface area contributed by atoms with Gasteiger partial charge < -0.3 is 25.6 Å². The zero-order valence-electron chi connectivity index (χ0n) is 30.5. The number of carbonyl (C=O) groups excluding carboxylic acids is 4. The maximum absolute atomic E-state index is 14.0. The lowest BCUT2D eigenvalue weighted by molar-refractivity contribution is -0.134. The van der Waals surface area contributed by atoms with E-state index in [1.165, 1.54) is 0 Å². The monoisotopic (exact) mass is 694 g/mol. The van der Waals surface area contributed by atoms with E-state index in [-0.39, 0.29) is 35.2 Å². The van der Waals surface area contributed by atoms with Gasteiger partial charge in [0.25, 0.3) is 0 Å². The third-order valence-electron chi connectivity index (χ3n) is 8.59. The number of aryl methyl sites for hydroxylation is 1. The molecular formula is C39H58N4O5S. The Morgan fingerprint density at radius 1 is 0.776 bits per heavy atom. The van der Waals surface area contributed by atoms with Gasteiger partial charge in [-0.25, -0.2) is 0 Å². The fourth-order valence-electron chi connectivity index (χ4n) is 5.73. The van der Waals surface area contributed by atoms with Gasteiger partial charge in [-0.05, 0) is 88.4 Å². The Hall–Kier alpha value is -3.21. The van der Waals surface area contributed by atoms with Crippen molar-refractivity contribution in [2.75, 3.05) is 33.0 Å². The first kappa shape index (κ1) is 40.2. The van der Waals surface area contributed by atoms with Crippen molar-refractivity contribution in [1.29, 1.82) is 0 Å². The lowest BCUT2D eigenvalue weighted by Gasteiger charge is -2.28. The highest BCUT2D eigenvalue weighted by molar-refractivity contribution is 8.00. The number of epoxide rings is 1. The molecule has 0 saturated carbocycles. The van der Waals surface area contributed by atoms with Crippen molar-refractivity contribution in [2.24, 2.45) is 11.8 Å². The molecule has 0 spiro atoms. The van der Waals surface area contributed by atoms with Gasteiger partial charge in [0.1, 0.15) is 17.7 Å². The van der Waals surface area contributed by atoms with E-state index in [9.17, 15) is 19.2 Å². The Morgan fingerprint density at radius 3 is 1.84 bits per heavy atom. The molecule has 1 aliphatic heterocycles. The van der Waals surface area contributed by atoms with Crippen molar-refractivity contribution in [3.05, 3.63) is 71.8 Å². The van der Waals surface area contributed by atoms with Crippen LogP contribution in [-0.2, 0) is 36.8 Å². The van der Waals surface area contributed by atoms with Gasteiger partial charge in [0.15, 0.2) is 5.78 Å². The van der Waals surface area contributed by atoms with Gasteiger partial charge in [-0.2, -0.15) is 0 Å². The minimum atomic E-state index is -0.953. The van der Waals surface area contributed by atoms with E-state index in [4.69, 9.17) is 4.74 Å². The molecule has 1 heterocycles. The molecule has 5 atom stereocenters. The van der Waals surface area contributed by atoms with E-state index in [0.717, 1.165) is 36.3 Å². The molecule has 0 bridgehead atoms. The Labute approximate surface area is 298 Å². The van der Waals surface area contributed by atoms with E-state index in [2.05, 4.69) is 33.0 Å². The third kappa shape index (κ3) is 14.3. The van der Waals surface area contributed by atoms with Crippen molar-refractivity contribution in [2.45, 2.75) is 102 Å². The molecule has 0 aliphatic carbocycles.